The third-order valence-electron chi connectivity index (χ3n) is 2.87. The molecule has 21 heavy (non-hydrogen) atoms. The van der Waals surface area contributed by atoms with E-state index in [1.54, 1.807) is 18.2 Å². The number of aromatic carboxylic acids is 1. The Kier molecular flexibility index (Phi) is 4.22. The molecule has 1 heterocycles. The first-order valence-electron chi connectivity index (χ1n) is 6.07. The monoisotopic (exact) mass is 290 g/mol. The second-order valence-electron chi connectivity index (χ2n) is 4.21. The molecule has 0 fully saturated rings. The lowest BCUT2D eigenvalue weighted by molar-refractivity contribution is 0.0687. The smallest absolute Gasteiger partial charge is 0.356 e. The number of rotatable bonds is 5. The highest BCUT2D eigenvalue weighted by Crippen LogP contribution is 2.27. The molecule has 110 valence electrons. The van der Waals surface area contributed by atoms with E-state index in [4.69, 9.17) is 14.6 Å². The van der Waals surface area contributed by atoms with Crippen LogP contribution in [0, 0.1) is 0 Å². The van der Waals surface area contributed by atoms with E-state index in [-0.39, 0.29) is 17.8 Å². The highest BCUT2D eigenvalue weighted by atomic mass is 16.5. The zero-order valence-corrected chi connectivity index (χ0v) is 11.6. The van der Waals surface area contributed by atoms with Crippen LogP contribution in [0.4, 0.5) is 0 Å². The van der Waals surface area contributed by atoms with Crippen molar-refractivity contribution in [3.05, 3.63) is 51.9 Å². The van der Waals surface area contributed by atoms with Gasteiger partial charge in [-0.3, -0.25) is 4.79 Å². The third-order valence-corrected chi connectivity index (χ3v) is 2.87. The van der Waals surface area contributed by atoms with E-state index in [0.717, 1.165) is 10.2 Å². The van der Waals surface area contributed by atoms with Gasteiger partial charge in [-0.15, -0.1) is 0 Å². The van der Waals surface area contributed by atoms with E-state index in [1.807, 2.05) is 0 Å². The van der Waals surface area contributed by atoms with Gasteiger partial charge in [-0.2, -0.15) is 5.10 Å². The maximum Gasteiger partial charge on any atom is 0.356 e. The van der Waals surface area contributed by atoms with E-state index >= 15 is 0 Å². The Labute approximate surface area is 120 Å². The van der Waals surface area contributed by atoms with Gasteiger partial charge in [-0.25, -0.2) is 9.48 Å². The van der Waals surface area contributed by atoms with Crippen molar-refractivity contribution >= 4 is 5.97 Å². The van der Waals surface area contributed by atoms with Crippen molar-refractivity contribution in [2.75, 3.05) is 14.2 Å². The molecule has 0 atom stereocenters. The highest BCUT2D eigenvalue weighted by molar-refractivity contribution is 5.84. The number of hydrogen-bond donors (Lipinski definition) is 1. The molecule has 2 rings (SSSR count). The van der Waals surface area contributed by atoms with Crippen LogP contribution in [0.1, 0.15) is 16.1 Å². The van der Waals surface area contributed by atoms with Crippen LogP contribution >= 0.6 is 0 Å². The Morgan fingerprint density at radius 2 is 1.90 bits per heavy atom. The summed E-state index contributed by atoms with van der Waals surface area (Å²) in [5.41, 5.74) is 0.176. The van der Waals surface area contributed by atoms with Crippen molar-refractivity contribution in [3.8, 4) is 11.5 Å². The lowest BCUT2D eigenvalue weighted by atomic mass is 10.2. The molecule has 0 radical (unpaired) electrons. The fourth-order valence-electron chi connectivity index (χ4n) is 1.83. The molecule has 0 spiro atoms. The molecule has 0 unspecified atom stereocenters. The summed E-state index contributed by atoms with van der Waals surface area (Å²) >= 11 is 0. The van der Waals surface area contributed by atoms with Gasteiger partial charge in [0.1, 0.15) is 0 Å². The quantitative estimate of drug-likeness (QED) is 0.883. The summed E-state index contributed by atoms with van der Waals surface area (Å²) < 4.78 is 11.4. The topological polar surface area (TPSA) is 90.7 Å². The van der Waals surface area contributed by atoms with Gasteiger partial charge < -0.3 is 14.6 Å². The molecule has 1 N–H and O–H groups in total. The van der Waals surface area contributed by atoms with Crippen LogP contribution in [-0.4, -0.2) is 35.1 Å². The van der Waals surface area contributed by atoms with Crippen LogP contribution in [0.5, 0.6) is 11.5 Å². The van der Waals surface area contributed by atoms with Gasteiger partial charge in [0.05, 0.1) is 20.8 Å². The van der Waals surface area contributed by atoms with Crippen molar-refractivity contribution < 1.29 is 19.4 Å². The number of hydrogen-bond acceptors (Lipinski definition) is 5. The average molecular weight is 290 g/mol. The molecule has 0 aliphatic heterocycles. The van der Waals surface area contributed by atoms with E-state index in [0.29, 0.717) is 11.5 Å². The van der Waals surface area contributed by atoms with E-state index in [1.165, 1.54) is 26.4 Å². The number of benzene rings is 1. The molecule has 7 heteroatoms. The maximum absolute atomic E-state index is 11.7. The first kappa shape index (κ1) is 14.6. The average Bonchev–Trinajstić information content (AvgIpc) is 2.49. The molecule has 0 bridgehead atoms. The molecular formula is C14H14N2O5. The Morgan fingerprint density at radius 3 is 2.52 bits per heavy atom. The second kappa shape index (κ2) is 6.08. The minimum Gasteiger partial charge on any atom is -0.493 e. The minimum atomic E-state index is -1.18. The summed E-state index contributed by atoms with van der Waals surface area (Å²) in [5.74, 6) is -0.0886. The number of methoxy groups -OCH3 is 2. The van der Waals surface area contributed by atoms with Crippen LogP contribution in [0.15, 0.2) is 35.1 Å². The Hall–Kier alpha value is -2.83. The van der Waals surface area contributed by atoms with Crippen LogP contribution < -0.4 is 15.0 Å². The summed E-state index contributed by atoms with van der Waals surface area (Å²) in [5, 5.41) is 12.7. The number of carbonyl (C=O) groups is 1. The zero-order chi connectivity index (χ0) is 15.4. The second-order valence-corrected chi connectivity index (χ2v) is 4.21. The van der Waals surface area contributed by atoms with Crippen molar-refractivity contribution in [1.82, 2.24) is 9.78 Å². The predicted octanol–water partition coefficient (Wildman–Crippen LogP) is 1.01. The molecule has 7 nitrogen and oxygen atoms in total. The number of carboxylic acids is 1. The molecule has 2 aromatic rings. The molecular weight excluding hydrogens is 276 g/mol. The van der Waals surface area contributed by atoms with Gasteiger partial charge in [0.2, 0.25) is 0 Å². The van der Waals surface area contributed by atoms with Gasteiger partial charge in [-0.05, 0) is 23.8 Å². The number of carboxylic acid groups (broad SMARTS) is 1. The fourth-order valence-corrected chi connectivity index (χ4v) is 1.83. The van der Waals surface area contributed by atoms with Crippen LogP contribution in [0.2, 0.25) is 0 Å². The summed E-state index contributed by atoms with van der Waals surface area (Å²) in [6, 6.07) is 7.52. The fraction of sp³-hybridized carbons (Fsp3) is 0.214. The van der Waals surface area contributed by atoms with E-state index in [2.05, 4.69) is 5.10 Å². The molecule has 0 saturated carbocycles. The van der Waals surface area contributed by atoms with Crippen LogP contribution in [-0.2, 0) is 6.54 Å². The molecule has 0 amide bonds. The highest BCUT2D eigenvalue weighted by Gasteiger charge is 2.09. The van der Waals surface area contributed by atoms with Crippen molar-refractivity contribution in [2.24, 2.45) is 0 Å². The standard InChI is InChI=1S/C14H14N2O5/c1-20-11-5-3-9(7-12(11)21-2)8-16-13(17)6-4-10(15-16)14(18)19/h3-7H,8H2,1-2H3,(H,18,19). The summed E-state index contributed by atoms with van der Waals surface area (Å²) in [6.45, 7) is 0.139. The maximum atomic E-state index is 11.7. The summed E-state index contributed by atoms with van der Waals surface area (Å²) in [4.78, 5) is 22.6. The summed E-state index contributed by atoms with van der Waals surface area (Å²) in [7, 11) is 3.04. The van der Waals surface area contributed by atoms with Crippen LogP contribution in [0.25, 0.3) is 0 Å². The molecule has 0 aliphatic carbocycles. The normalized spacial score (nSPS) is 10.2. The van der Waals surface area contributed by atoms with Gasteiger partial charge in [0.15, 0.2) is 17.2 Å². The zero-order valence-electron chi connectivity index (χ0n) is 11.6. The van der Waals surface area contributed by atoms with Crippen LogP contribution in [0.3, 0.4) is 0 Å². The van der Waals surface area contributed by atoms with Gasteiger partial charge in [-0.1, -0.05) is 6.07 Å². The van der Waals surface area contributed by atoms with Crippen molar-refractivity contribution in [2.45, 2.75) is 6.54 Å². The van der Waals surface area contributed by atoms with Gasteiger partial charge in [0.25, 0.3) is 5.56 Å². The lowest BCUT2D eigenvalue weighted by Crippen LogP contribution is -2.24. The Morgan fingerprint density at radius 1 is 1.19 bits per heavy atom. The van der Waals surface area contributed by atoms with Gasteiger partial charge >= 0.3 is 5.97 Å². The van der Waals surface area contributed by atoms with Gasteiger partial charge in [0, 0.05) is 6.07 Å². The summed E-state index contributed by atoms with van der Waals surface area (Å²) in [6.07, 6.45) is 0. The molecule has 0 aliphatic rings. The SMILES string of the molecule is COc1ccc(Cn2nc(C(=O)O)ccc2=O)cc1OC. The minimum absolute atomic E-state index is 0.139. The third kappa shape index (κ3) is 3.19. The Bertz CT molecular complexity index is 724. The van der Waals surface area contributed by atoms with Crippen molar-refractivity contribution in [1.29, 1.82) is 0 Å². The van der Waals surface area contributed by atoms with E-state index in [9.17, 15) is 9.59 Å². The largest absolute Gasteiger partial charge is 0.493 e. The first-order chi connectivity index (χ1) is 10.0. The van der Waals surface area contributed by atoms with Crippen molar-refractivity contribution in [3.63, 3.8) is 0 Å². The predicted molar refractivity (Wildman–Crippen MR) is 74.1 cm³/mol. The molecule has 0 saturated heterocycles. The molecule has 1 aromatic heterocycles. The number of aromatic nitrogens is 2. The first-order valence-corrected chi connectivity index (χ1v) is 6.07. The lowest BCUT2D eigenvalue weighted by Gasteiger charge is -2.10. The number of ether oxygens (including phenoxy) is 2. The Balaban J connectivity index is 2.36. The molecule has 1 aromatic carbocycles. The van der Waals surface area contributed by atoms with E-state index < -0.39 is 5.97 Å². The number of nitrogens with zero attached hydrogens (tertiary/aromatic N) is 2.